The first-order chi connectivity index (χ1) is 8.61. The van der Waals surface area contributed by atoms with E-state index in [1.165, 1.54) is 76.3 Å². The van der Waals surface area contributed by atoms with Gasteiger partial charge in [0.2, 0.25) is 0 Å². The van der Waals surface area contributed by atoms with Crippen molar-refractivity contribution in [3.05, 3.63) is 0 Å². The second-order valence-electron chi connectivity index (χ2n) is 7.13. The summed E-state index contributed by atoms with van der Waals surface area (Å²) in [5, 5.41) is 1.21. The van der Waals surface area contributed by atoms with Gasteiger partial charge < -0.3 is 4.90 Å². The molecule has 0 atom stereocenters. The summed E-state index contributed by atoms with van der Waals surface area (Å²) in [7, 11) is 0. The van der Waals surface area contributed by atoms with E-state index in [2.05, 4.69) is 34.7 Å². The fourth-order valence-corrected chi connectivity index (χ4v) is 4.45. The zero-order chi connectivity index (χ0) is 13.1. The average molecular weight is 316 g/mol. The Kier molecular flexibility index (Phi) is 5.16. The Balaban J connectivity index is 1.86. The Morgan fingerprint density at radius 1 is 1.00 bits per heavy atom. The summed E-state index contributed by atoms with van der Waals surface area (Å²) in [5.74, 6) is 0. The smallest absolute Gasteiger partial charge is 0.0100 e. The van der Waals surface area contributed by atoms with E-state index in [-0.39, 0.29) is 0 Å². The summed E-state index contributed by atoms with van der Waals surface area (Å²) in [6.07, 6.45) is 11.4. The molecular weight excluding hydrogens is 286 g/mol. The maximum absolute atomic E-state index is 3.80. The second kappa shape index (κ2) is 6.26. The van der Waals surface area contributed by atoms with Crippen LogP contribution in [0.2, 0.25) is 0 Å². The van der Waals surface area contributed by atoms with Gasteiger partial charge in [-0.3, -0.25) is 0 Å². The number of hydrogen-bond acceptors (Lipinski definition) is 1. The molecule has 0 N–H and O–H groups in total. The highest BCUT2D eigenvalue weighted by Gasteiger charge is 2.35. The quantitative estimate of drug-likeness (QED) is 0.671. The summed E-state index contributed by atoms with van der Waals surface area (Å²) in [4.78, 5) is 2.75. The van der Waals surface area contributed by atoms with Gasteiger partial charge in [-0.2, -0.15) is 0 Å². The molecule has 1 saturated heterocycles. The molecule has 1 nitrogen and oxygen atoms in total. The Bertz CT molecular complexity index is 250. The van der Waals surface area contributed by atoms with Crippen molar-refractivity contribution in [2.45, 2.75) is 65.2 Å². The van der Waals surface area contributed by atoms with E-state index in [4.69, 9.17) is 0 Å². The third kappa shape index (κ3) is 3.50. The molecule has 0 aromatic rings. The van der Waals surface area contributed by atoms with Gasteiger partial charge in [0.25, 0.3) is 0 Å². The van der Waals surface area contributed by atoms with Crippen molar-refractivity contribution in [3.8, 4) is 0 Å². The molecule has 0 amide bonds. The molecule has 106 valence electrons. The van der Waals surface area contributed by atoms with E-state index in [0.717, 1.165) is 0 Å². The fraction of sp³-hybridized carbons (Fsp3) is 1.00. The minimum Gasteiger partial charge on any atom is -0.303 e. The van der Waals surface area contributed by atoms with E-state index < -0.39 is 0 Å². The summed E-state index contributed by atoms with van der Waals surface area (Å²) >= 11 is 3.80. The molecule has 1 saturated carbocycles. The van der Waals surface area contributed by atoms with Crippen molar-refractivity contribution < 1.29 is 0 Å². The molecular formula is C16H30BrN. The summed E-state index contributed by atoms with van der Waals surface area (Å²) < 4.78 is 0. The number of likely N-dealkylation sites (tertiary alicyclic amines) is 1. The Hall–Kier alpha value is 0.440. The third-order valence-electron chi connectivity index (χ3n) is 5.67. The van der Waals surface area contributed by atoms with Crippen LogP contribution in [0.25, 0.3) is 0 Å². The first-order valence-electron chi connectivity index (χ1n) is 7.90. The lowest BCUT2D eigenvalue weighted by Gasteiger charge is -2.45. The van der Waals surface area contributed by atoms with Crippen molar-refractivity contribution in [1.29, 1.82) is 0 Å². The SMILES string of the molecule is CCC1(C)CCN(CC2(CBr)CCCCC2)CC1. The maximum Gasteiger partial charge on any atom is 0.0100 e. The largest absolute Gasteiger partial charge is 0.303 e. The van der Waals surface area contributed by atoms with E-state index in [0.29, 0.717) is 10.8 Å². The molecule has 1 aliphatic heterocycles. The zero-order valence-electron chi connectivity index (χ0n) is 12.3. The van der Waals surface area contributed by atoms with Crippen molar-refractivity contribution in [1.82, 2.24) is 4.90 Å². The fourth-order valence-electron chi connectivity index (χ4n) is 3.71. The highest BCUT2D eigenvalue weighted by Crippen LogP contribution is 2.40. The highest BCUT2D eigenvalue weighted by atomic mass is 79.9. The van der Waals surface area contributed by atoms with Crippen LogP contribution >= 0.6 is 15.9 Å². The molecule has 0 spiro atoms. The molecule has 2 rings (SSSR count). The summed E-state index contributed by atoms with van der Waals surface area (Å²) in [6, 6.07) is 0. The predicted octanol–water partition coefficient (Wildman–Crippen LogP) is 4.84. The van der Waals surface area contributed by atoms with Crippen molar-refractivity contribution in [2.24, 2.45) is 10.8 Å². The predicted molar refractivity (Wildman–Crippen MR) is 83.4 cm³/mol. The number of rotatable bonds is 4. The highest BCUT2D eigenvalue weighted by molar-refractivity contribution is 9.09. The van der Waals surface area contributed by atoms with E-state index in [1.807, 2.05) is 0 Å². The van der Waals surface area contributed by atoms with Gasteiger partial charge in [-0.15, -0.1) is 0 Å². The molecule has 0 bridgehead atoms. The average Bonchev–Trinajstić information content (AvgIpc) is 2.43. The van der Waals surface area contributed by atoms with Crippen molar-refractivity contribution in [2.75, 3.05) is 25.0 Å². The van der Waals surface area contributed by atoms with Gasteiger partial charge in [0.15, 0.2) is 0 Å². The molecule has 2 aliphatic rings. The lowest BCUT2D eigenvalue weighted by atomic mass is 9.73. The van der Waals surface area contributed by atoms with Crippen LogP contribution in [0, 0.1) is 10.8 Å². The molecule has 2 heteroatoms. The van der Waals surface area contributed by atoms with Gasteiger partial charge in [0.05, 0.1) is 0 Å². The van der Waals surface area contributed by atoms with Crippen LogP contribution in [0.3, 0.4) is 0 Å². The standard InChI is InChI=1S/C16H30BrN/c1-3-15(2)9-11-18(12-10-15)14-16(13-17)7-5-4-6-8-16/h3-14H2,1-2H3. The number of piperidine rings is 1. The number of alkyl halides is 1. The summed E-state index contributed by atoms with van der Waals surface area (Å²) in [5.41, 5.74) is 1.23. The monoisotopic (exact) mass is 315 g/mol. The molecule has 2 fully saturated rings. The van der Waals surface area contributed by atoms with Crippen molar-refractivity contribution >= 4 is 15.9 Å². The lowest BCUT2D eigenvalue weighted by Crippen LogP contribution is -2.45. The van der Waals surface area contributed by atoms with Crippen LogP contribution in [0.15, 0.2) is 0 Å². The van der Waals surface area contributed by atoms with Gasteiger partial charge >= 0.3 is 0 Å². The van der Waals surface area contributed by atoms with E-state index >= 15 is 0 Å². The van der Waals surface area contributed by atoms with Crippen LogP contribution in [0.1, 0.15) is 65.2 Å². The Labute approximate surface area is 122 Å². The van der Waals surface area contributed by atoms with Gasteiger partial charge in [0, 0.05) is 11.9 Å². The Morgan fingerprint density at radius 2 is 1.61 bits per heavy atom. The minimum atomic E-state index is 0.595. The lowest BCUT2D eigenvalue weighted by molar-refractivity contribution is 0.0643. The third-order valence-corrected chi connectivity index (χ3v) is 6.86. The molecule has 1 heterocycles. The van der Waals surface area contributed by atoms with Crippen LogP contribution in [-0.4, -0.2) is 29.9 Å². The first-order valence-corrected chi connectivity index (χ1v) is 9.02. The van der Waals surface area contributed by atoms with Crippen LogP contribution in [0.5, 0.6) is 0 Å². The molecule has 0 unspecified atom stereocenters. The summed E-state index contributed by atoms with van der Waals surface area (Å²) in [6.45, 7) is 8.85. The molecule has 18 heavy (non-hydrogen) atoms. The number of hydrogen-bond donors (Lipinski definition) is 0. The van der Waals surface area contributed by atoms with Gasteiger partial charge in [-0.05, 0) is 49.6 Å². The number of halogens is 1. The number of nitrogens with zero attached hydrogens (tertiary/aromatic N) is 1. The van der Waals surface area contributed by atoms with Crippen molar-refractivity contribution in [3.63, 3.8) is 0 Å². The second-order valence-corrected chi connectivity index (χ2v) is 7.70. The van der Waals surface area contributed by atoms with Gasteiger partial charge in [-0.1, -0.05) is 55.5 Å². The zero-order valence-corrected chi connectivity index (χ0v) is 13.9. The first kappa shape index (κ1) is 14.8. The molecule has 0 aromatic heterocycles. The topological polar surface area (TPSA) is 3.24 Å². The normalized spacial score (nSPS) is 28.2. The molecule has 0 radical (unpaired) electrons. The van der Waals surface area contributed by atoms with Crippen LogP contribution < -0.4 is 0 Å². The van der Waals surface area contributed by atoms with E-state index in [9.17, 15) is 0 Å². The van der Waals surface area contributed by atoms with Gasteiger partial charge in [-0.25, -0.2) is 0 Å². The minimum absolute atomic E-state index is 0.595. The maximum atomic E-state index is 3.80. The van der Waals surface area contributed by atoms with E-state index in [1.54, 1.807) is 0 Å². The Morgan fingerprint density at radius 3 is 2.11 bits per heavy atom. The molecule has 0 aromatic carbocycles. The van der Waals surface area contributed by atoms with Crippen LogP contribution in [0.4, 0.5) is 0 Å². The van der Waals surface area contributed by atoms with Crippen LogP contribution in [-0.2, 0) is 0 Å². The molecule has 1 aliphatic carbocycles. The van der Waals surface area contributed by atoms with Gasteiger partial charge in [0.1, 0.15) is 0 Å².